The van der Waals surface area contributed by atoms with E-state index in [0.717, 1.165) is 30.1 Å². The molecule has 0 aromatic heterocycles. The van der Waals surface area contributed by atoms with Gasteiger partial charge in [-0.25, -0.2) is 0 Å². The van der Waals surface area contributed by atoms with Gasteiger partial charge < -0.3 is 20.3 Å². The molecule has 0 radical (unpaired) electrons. The van der Waals surface area contributed by atoms with Crippen LogP contribution in [-0.2, 0) is 4.74 Å². The summed E-state index contributed by atoms with van der Waals surface area (Å²) in [4.78, 5) is 19.8. The number of fused-ring (bicyclic) bond motifs is 1. The Hall–Kier alpha value is -2.57. The molecule has 2 N–H and O–H groups in total. The first-order chi connectivity index (χ1) is 14.1. The van der Waals surface area contributed by atoms with Crippen molar-refractivity contribution in [1.29, 1.82) is 0 Å². The molecule has 2 aliphatic heterocycles. The first-order valence-corrected chi connectivity index (χ1v) is 10.2. The van der Waals surface area contributed by atoms with Crippen molar-refractivity contribution in [1.82, 2.24) is 4.90 Å². The van der Waals surface area contributed by atoms with Crippen LogP contribution in [0.25, 0.3) is 0 Å². The molecule has 1 amide bonds. The van der Waals surface area contributed by atoms with Gasteiger partial charge in [-0.05, 0) is 43.2 Å². The summed E-state index contributed by atoms with van der Waals surface area (Å²) < 4.78 is 5.17. The van der Waals surface area contributed by atoms with Gasteiger partial charge in [-0.15, -0.1) is 0 Å². The van der Waals surface area contributed by atoms with Gasteiger partial charge in [-0.3, -0.25) is 9.79 Å². The summed E-state index contributed by atoms with van der Waals surface area (Å²) in [6.07, 6.45) is 1.77. The zero-order valence-corrected chi connectivity index (χ0v) is 17.2. The fourth-order valence-corrected chi connectivity index (χ4v) is 4.22. The lowest BCUT2D eigenvalue weighted by atomic mass is 9.85. The molecule has 2 aliphatic rings. The van der Waals surface area contributed by atoms with Crippen LogP contribution in [-0.4, -0.2) is 55.5 Å². The minimum atomic E-state index is -0.450. The molecule has 0 bridgehead atoms. The number of aliphatic imine (C=N–C) groups is 1. The van der Waals surface area contributed by atoms with Crippen LogP contribution in [0.5, 0.6) is 0 Å². The number of carbonyl (C=O) groups is 1. The van der Waals surface area contributed by atoms with E-state index in [4.69, 9.17) is 21.3 Å². The fraction of sp³-hybridized carbons (Fsp3) is 0.364. The molecule has 7 heteroatoms. The topological polar surface area (TPSA) is 66.0 Å². The Labute approximate surface area is 175 Å². The highest BCUT2D eigenvalue weighted by atomic mass is 35.5. The summed E-state index contributed by atoms with van der Waals surface area (Å²) in [6, 6.07) is 15.2. The van der Waals surface area contributed by atoms with E-state index in [-0.39, 0.29) is 5.91 Å². The third-order valence-corrected chi connectivity index (χ3v) is 5.66. The van der Waals surface area contributed by atoms with E-state index in [1.54, 1.807) is 19.2 Å². The number of methoxy groups -OCH3 is 1. The average Bonchev–Trinajstić information content (AvgIpc) is 2.74. The molecule has 0 aliphatic carbocycles. The quantitative estimate of drug-likeness (QED) is 0.747. The largest absolute Gasteiger partial charge is 0.383 e. The molecule has 2 heterocycles. The Bertz CT molecular complexity index is 933. The number of piperidine rings is 1. The second-order valence-electron chi connectivity index (χ2n) is 7.44. The van der Waals surface area contributed by atoms with Gasteiger partial charge in [0.05, 0.1) is 31.1 Å². The zero-order chi connectivity index (χ0) is 20.3. The minimum absolute atomic E-state index is 0.0107. The number of benzene rings is 2. The zero-order valence-electron chi connectivity index (χ0n) is 16.5. The third-order valence-electron chi connectivity index (χ3n) is 5.42. The SMILES string of the molecule is COCCN=C1Nc2ccccc2N[C@@]12CCCN(C(=O)c1cccc(Cl)c1)C2. The number of amidine groups is 1. The van der Waals surface area contributed by atoms with E-state index in [2.05, 4.69) is 10.6 Å². The van der Waals surface area contributed by atoms with Gasteiger partial charge in [-0.2, -0.15) is 0 Å². The molecular formula is C22H25ClN4O2. The molecule has 0 unspecified atom stereocenters. The van der Waals surface area contributed by atoms with Crippen molar-refractivity contribution in [3.8, 4) is 0 Å². The van der Waals surface area contributed by atoms with Crippen LogP contribution in [0.4, 0.5) is 11.4 Å². The van der Waals surface area contributed by atoms with Gasteiger partial charge >= 0.3 is 0 Å². The summed E-state index contributed by atoms with van der Waals surface area (Å²) in [7, 11) is 1.67. The lowest BCUT2D eigenvalue weighted by Crippen LogP contribution is -2.62. The molecule has 4 rings (SSSR count). The van der Waals surface area contributed by atoms with Crippen LogP contribution in [0.2, 0.25) is 5.02 Å². The van der Waals surface area contributed by atoms with Crippen molar-refractivity contribution in [2.45, 2.75) is 18.4 Å². The Morgan fingerprint density at radius 2 is 2.07 bits per heavy atom. The molecular weight excluding hydrogens is 388 g/mol. The smallest absolute Gasteiger partial charge is 0.253 e. The maximum absolute atomic E-state index is 13.1. The lowest BCUT2D eigenvalue weighted by molar-refractivity contribution is 0.0694. The number of anilines is 2. The lowest BCUT2D eigenvalue weighted by Gasteiger charge is -2.47. The molecule has 6 nitrogen and oxygen atoms in total. The Morgan fingerprint density at radius 3 is 2.86 bits per heavy atom. The predicted molar refractivity (Wildman–Crippen MR) is 117 cm³/mol. The molecule has 1 spiro atoms. The molecule has 1 atom stereocenters. The molecule has 2 aromatic rings. The van der Waals surface area contributed by atoms with Gasteiger partial charge in [0.25, 0.3) is 5.91 Å². The van der Waals surface area contributed by atoms with Gasteiger partial charge in [0.15, 0.2) is 0 Å². The average molecular weight is 413 g/mol. The van der Waals surface area contributed by atoms with Crippen molar-refractivity contribution in [3.63, 3.8) is 0 Å². The number of carbonyl (C=O) groups excluding carboxylic acids is 1. The number of likely N-dealkylation sites (tertiary alicyclic amines) is 1. The second-order valence-corrected chi connectivity index (χ2v) is 7.88. The van der Waals surface area contributed by atoms with Gasteiger partial charge in [0.1, 0.15) is 11.4 Å². The van der Waals surface area contributed by atoms with Crippen LogP contribution >= 0.6 is 11.6 Å². The summed E-state index contributed by atoms with van der Waals surface area (Å²) >= 11 is 6.10. The highest BCUT2D eigenvalue weighted by Crippen LogP contribution is 2.36. The van der Waals surface area contributed by atoms with Gasteiger partial charge in [0, 0.05) is 24.2 Å². The third kappa shape index (κ3) is 4.09. The van der Waals surface area contributed by atoms with Crippen molar-refractivity contribution in [2.75, 3.05) is 44.0 Å². The first kappa shape index (κ1) is 19.7. The van der Waals surface area contributed by atoms with E-state index >= 15 is 0 Å². The molecule has 29 heavy (non-hydrogen) atoms. The number of nitrogens with zero attached hydrogens (tertiary/aromatic N) is 2. The highest BCUT2D eigenvalue weighted by molar-refractivity contribution is 6.31. The van der Waals surface area contributed by atoms with Crippen LogP contribution in [0, 0.1) is 0 Å². The number of nitrogens with one attached hydrogen (secondary N) is 2. The standard InChI is InChI=1S/C22H25ClN4O2/c1-29-13-11-24-21-22(26-19-9-3-2-8-18(19)25-21)10-5-12-27(15-22)20(28)16-6-4-7-17(23)14-16/h2-4,6-9,14,26H,5,10-13,15H2,1H3,(H,24,25)/t22-/m1/s1. The van der Waals surface area contributed by atoms with E-state index in [9.17, 15) is 4.79 Å². The minimum Gasteiger partial charge on any atom is -0.383 e. The molecule has 152 valence electrons. The highest BCUT2D eigenvalue weighted by Gasteiger charge is 2.44. The number of hydrogen-bond acceptors (Lipinski definition) is 4. The fourth-order valence-electron chi connectivity index (χ4n) is 4.03. The van der Waals surface area contributed by atoms with Crippen LogP contribution < -0.4 is 10.6 Å². The molecule has 2 aromatic carbocycles. The number of ether oxygens (including phenoxy) is 1. The van der Waals surface area contributed by atoms with Crippen molar-refractivity contribution in [2.24, 2.45) is 4.99 Å². The maximum Gasteiger partial charge on any atom is 0.253 e. The van der Waals surface area contributed by atoms with Crippen molar-refractivity contribution >= 4 is 34.7 Å². The summed E-state index contributed by atoms with van der Waals surface area (Å²) in [6.45, 7) is 2.36. The normalized spacial score (nSPS) is 22.1. The molecule has 0 saturated carbocycles. The van der Waals surface area contributed by atoms with Crippen LogP contribution in [0.3, 0.4) is 0 Å². The molecule has 1 saturated heterocycles. The monoisotopic (exact) mass is 412 g/mol. The second kappa shape index (κ2) is 8.43. The Kier molecular flexibility index (Phi) is 5.74. The van der Waals surface area contributed by atoms with E-state index < -0.39 is 5.54 Å². The number of rotatable bonds is 4. The van der Waals surface area contributed by atoms with E-state index in [1.807, 2.05) is 41.3 Å². The molecule has 1 fully saturated rings. The number of para-hydroxylation sites is 2. The van der Waals surface area contributed by atoms with Gasteiger partial charge in [-0.1, -0.05) is 29.8 Å². The number of halogens is 1. The number of amides is 1. The number of hydrogen-bond donors (Lipinski definition) is 2. The van der Waals surface area contributed by atoms with Crippen molar-refractivity contribution < 1.29 is 9.53 Å². The van der Waals surface area contributed by atoms with Crippen LogP contribution in [0.1, 0.15) is 23.2 Å². The Morgan fingerprint density at radius 1 is 1.24 bits per heavy atom. The van der Waals surface area contributed by atoms with Crippen LogP contribution in [0.15, 0.2) is 53.5 Å². The van der Waals surface area contributed by atoms with Gasteiger partial charge in [0.2, 0.25) is 0 Å². The van der Waals surface area contributed by atoms with E-state index in [1.165, 1.54) is 0 Å². The Balaban J connectivity index is 1.64. The summed E-state index contributed by atoms with van der Waals surface area (Å²) in [5, 5.41) is 7.75. The van der Waals surface area contributed by atoms with Crippen molar-refractivity contribution in [3.05, 3.63) is 59.1 Å². The summed E-state index contributed by atoms with van der Waals surface area (Å²) in [5.41, 5.74) is 2.17. The van der Waals surface area contributed by atoms with E-state index in [0.29, 0.717) is 36.8 Å². The first-order valence-electron chi connectivity index (χ1n) is 9.84. The summed E-state index contributed by atoms with van der Waals surface area (Å²) in [5.74, 6) is 0.848. The maximum atomic E-state index is 13.1. The predicted octanol–water partition coefficient (Wildman–Crippen LogP) is 3.90.